The molecule has 1 heterocycles. The standard InChI is InChI=1S/C22H30ClN3O2/c1-22(2,3)21-24-9-8-16(26-21)10-17-18(13-27)20(28)11-19(17)25-12-14-4-6-15(23)7-5-14/h4-9,17-20,25,27-28H,10-13H2,1-3H3/t17-,18-,19-,20-/m1/s1. The van der Waals surface area contributed by atoms with Crippen LogP contribution in [-0.4, -0.2) is 38.9 Å². The highest BCUT2D eigenvalue weighted by atomic mass is 35.5. The summed E-state index contributed by atoms with van der Waals surface area (Å²) in [5.74, 6) is 0.764. The molecular weight excluding hydrogens is 374 g/mol. The average Bonchev–Trinajstić information content (AvgIpc) is 2.95. The summed E-state index contributed by atoms with van der Waals surface area (Å²) in [5, 5.41) is 24.6. The Hall–Kier alpha value is -1.53. The molecule has 1 saturated carbocycles. The lowest BCUT2D eigenvalue weighted by atomic mass is 9.88. The van der Waals surface area contributed by atoms with E-state index in [0.29, 0.717) is 19.4 Å². The van der Waals surface area contributed by atoms with Crippen molar-refractivity contribution in [2.75, 3.05) is 6.61 Å². The zero-order valence-corrected chi connectivity index (χ0v) is 17.5. The van der Waals surface area contributed by atoms with Crippen LogP contribution in [0.4, 0.5) is 0 Å². The van der Waals surface area contributed by atoms with Crippen LogP contribution in [-0.2, 0) is 18.4 Å². The largest absolute Gasteiger partial charge is 0.396 e. The highest BCUT2D eigenvalue weighted by Crippen LogP contribution is 2.35. The number of hydrogen-bond acceptors (Lipinski definition) is 5. The van der Waals surface area contributed by atoms with Crippen LogP contribution in [0, 0.1) is 11.8 Å². The molecule has 0 spiro atoms. The van der Waals surface area contributed by atoms with Gasteiger partial charge in [-0.2, -0.15) is 0 Å². The van der Waals surface area contributed by atoms with Gasteiger partial charge in [-0.15, -0.1) is 0 Å². The second kappa shape index (κ2) is 8.87. The lowest BCUT2D eigenvalue weighted by Gasteiger charge is -2.25. The number of hydrogen-bond donors (Lipinski definition) is 3. The van der Waals surface area contributed by atoms with E-state index in [0.717, 1.165) is 22.1 Å². The van der Waals surface area contributed by atoms with Crippen molar-refractivity contribution >= 4 is 11.6 Å². The number of benzene rings is 1. The maximum absolute atomic E-state index is 10.5. The topological polar surface area (TPSA) is 78.3 Å². The lowest BCUT2D eigenvalue weighted by Crippen LogP contribution is -2.36. The summed E-state index contributed by atoms with van der Waals surface area (Å²) in [5.41, 5.74) is 1.98. The first-order valence-corrected chi connectivity index (χ1v) is 10.2. The second-order valence-electron chi connectivity index (χ2n) is 8.75. The Balaban J connectivity index is 1.74. The van der Waals surface area contributed by atoms with Crippen LogP contribution in [0.15, 0.2) is 36.5 Å². The van der Waals surface area contributed by atoms with Gasteiger partial charge in [0.05, 0.1) is 6.10 Å². The third-order valence-corrected chi connectivity index (χ3v) is 5.83. The number of halogens is 1. The number of aliphatic hydroxyl groups is 2. The summed E-state index contributed by atoms with van der Waals surface area (Å²) >= 11 is 5.96. The van der Waals surface area contributed by atoms with Gasteiger partial charge in [-0.3, -0.25) is 0 Å². The van der Waals surface area contributed by atoms with Crippen LogP contribution < -0.4 is 5.32 Å². The predicted octanol–water partition coefficient (Wildman–Crippen LogP) is 3.12. The van der Waals surface area contributed by atoms with Gasteiger partial charge >= 0.3 is 0 Å². The molecular formula is C22H30ClN3O2. The zero-order chi connectivity index (χ0) is 20.3. The predicted molar refractivity (Wildman–Crippen MR) is 111 cm³/mol. The molecule has 1 aliphatic carbocycles. The molecule has 3 rings (SSSR count). The molecule has 1 aromatic carbocycles. The van der Waals surface area contributed by atoms with E-state index in [9.17, 15) is 10.2 Å². The summed E-state index contributed by atoms with van der Waals surface area (Å²) in [4.78, 5) is 9.15. The van der Waals surface area contributed by atoms with Gasteiger partial charge in [0.1, 0.15) is 5.82 Å². The van der Waals surface area contributed by atoms with E-state index < -0.39 is 6.10 Å². The van der Waals surface area contributed by atoms with Crippen LogP contribution in [0.3, 0.4) is 0 Å². The average molecular weight is 404 g/mol. The fourth-order valence-electron chi connectivity index (χ4n) is 3.94. The van der Waals surface area contributed by atoms with E-state index in [1.165, 1.54) is 0 Å². The van der Waals surface area contributed by atoms with Crippen LogP contribution in [0.2, 0.25) is 5.02 Å². The van der Waals surface area contributed by atoms with Gasteiger partial charge < -0.3 is 15.5 Å². The highest BCUT2D eigenvalue weighted by molar-refractivity contribution is 6.30. The first-order valence-electron chi connectivity index (χ1n) is 9.87. The van der Waals surface area contributed by atoms with Gasteiger partial charge in [0.2, 0.25) is 0 Å². The number of nitrogens with one attached hydrogen (secondary N) is 1. The number of aliphatic hydroxyl groups excluding tert-OH is 2. The van der Waals surface area contributed by atoms with Gasteiger partial charge in [-0.25, -0.2) is 9.97 Å². The summed E-state index contributed by atoms with van der Waals surface area (Å²) < 4.78 is 0. The van der Waals surface area contributed by atoms with E-state index in [1.807, 2.05) is 30.3 Å². The fourth-order valence-corrected chi connectivity index (χ4v) is 4.07. The number of aromatic nitrogens is 2. The van der Waals surface area contributed by atoms with Gasteiger partial charge in [-0.05, 0) is 42.5 Å². The first kappa shape index (κ1) is 21.2. The molecule has 152 valence electrons. The molecule has 0 amide bonds. The summed E-state index contributed by atoms with van der Waals surface area (Å²) in [6.07, 6.45) is 2.62. The maximum Gasteiger partial charge on any atom is 0.133 e. The summed E-state index contributed by atoms with van der Waals surface area (Å²) in [7, 11) is 0. The van der Waals surface area contributed by atoms with Crippen LogP contribution >= 0.6 is 11.6 Å². The molecule has 28 heavy (non-hydrogen) atoms. The van der Waals surface area contributed by atoms with Crippen molar-refractivity contribution in [3.8, 4) is 0 Å². The molecule has 0 bridgehead atoms. The Kier molecular flexibility index (Phi) is 6.71. The minimum atomic E-state index is -0.512. The molecule has 0 saturated heterocycles. The molecule has 1 aromatic heterocycles. The molecule has 2 aromatic rings. The molecule has 5 nitrogen and oxygen atoms in total. The van der Waals surface area contributed by atoms with E-state index in [2.05, 4.69) is 31.1 Å². The summed E-state index contributed by atoms with van der Waals surface area (Å²) in [6.45, 7) is 6.96. The third-order valence-electron chi connectivity index (χ3n) is 5.58. The number of rotatable bonds is 6. The SMILES string of the molecule is CC(C)(C)c1nccc(C[C@@H]2[C@@H](CO)[C@H](O)C[C@H]2NCc2ccc(Cl)cc2)n1. The van der Waals surface area contributed by atoms with Gasteiger partial charge in [0, 0.05) is 47.4 Å². The Morgan fingerprint density at radius 2 is 1.86 bits per heavy atom. The van der Waals surface area contributed by atoms with Crippen LogP contribution in [0.1, 0.15) is 44.3 Å². The van der Waals surface area contributed by atoms with Crippen LogP contribution in [0.5, 0.6) is 0 Å². The molecule has 0 aliphatic heterocycles. The third kappa shape index (κ3) is 5.09. The minimum Gasteiger partial charge on any atom is -0.396 e. The smallest absolute Gasteiger partial charge is 0.133 e. The molecule has 0 unspecified atom stereocenters. The van der Waals surface area contributed by atoms with Gasteiger partial charge in [-0.1, -0.05) is 44.5 Å². The summed E-state index contributed by atoms with van der Waals surface area (Å²) in [6, 6.07) is 9.80. The number of nitrogens with zero attached hydrogens (tertiary/aromatic N) is 2. The van der Waals surface area contributed by atoms with Gasteiger partial charge in [0.25, 0.3) is 0 Å². The Labute approximate surface area is 172 Å². The molecule has 6 heteroatoms. The Bertz CT molecular complexity index is 776. The van der Waals surface area contributed by atoms with E-state index in [4.69, 9.17) is 16.6 Å². The maximum atomic E-state index is 10.5. The quantitative estimate of drug-likeness (QED) is 0.690. The Morgan fingerprint density at radius 1 is 1.14 bits per heavy atom. The molecule has 3 N–H and O–H groups in total. The molecule has 1 fully saturated rings. The normalized spacial score (nSPS) is 25.2. The zero-order valence-electron chi connectivity index (χ0n) is 16.8. The van der Waals surface area contributed by atoms with E-state index in [1.54, 1.807) is 6.20 Å². The minimum absolute atomic E-state index is 0.0256. The Morgan fingerprint density at radius 3 is 2.50 bits per heavy atom. The van der Waals surface area contributed by atoms with Crippen molar-refractivity contribution in [3.63, 3.8) is 0 Å². The van der Waals surface area contributed by atoms with Crippen molar-refractivity contribution < 1.29 is 10.2 Å². The van der Waals surface area contributed by atoms with E-state index in [-0.39, 0.29) is 29.9 Å². The highest BCUT2D eigenvalue weighted by Gasteiger charge is 2.42. The molecule has 4 atom stereocenters. The second-order valence-corrected chi connectivity index (χ2v) is 9.19. The lowest BCUT2D eigenvalue weighted by molar-refractivity contribution is 0.0715. The first-order chi connectivity index (χ1) is 13.3. The van der Waals surface area contributed by atoms with Crippen molar-refractivity contribution in [2.45, 2.75) is 57.7 Å². The molecule has 1 aliphatic rings. The fraction of sp³-hybridized carbons (Fsp3) is 0.545. The van der Waals surface area contributed by atoms with Crippen LogP contribution in [0.25, 0.3) is 0 Å². The van der Waals surface area contributed by atoms with E-state index >= 15 is 0 Å². The monoisotopic (exact) mass is 403 g/mol. The van der Waals surface area contributed by atoms with Crippen molar-refractivity contribution in [3.05, 3.63) is 58.6 Å². The molecule has 0 radical (unpaired) electrons. The van der Waals surface area contributed by atoms with Crippen molar-refractivity contribution in [1.82, 2.24) is 15.3 Å². The van der Waals surface area contributed by atoms with Crippen molar-refractivity contribution in [2.24, 2.45) is 11.8 Å². The van der Waals surface area contributed by atoms with Gasteiger partial charge in [0.15, 0.2) is 0 Å². The van der Waals surface area contributed by atoms with Crippen molar-refractivity contribution in [1.29, 1.82) is 0 Å².